The number of phenols is 1. The third-order valence-corrected chi connectivity index (χ3v) is 5.60. The van der Waals surface area contributed by atoms with E-state index in [1.54, 1.807) is 36.4 Å². The van der Waals surface area contributed by atoms with Gasteiger partial charge in [-0.3, -0.25) is 0 Å². The molecule has 0 amide bonds. The van der Waals surface area contributed by atoms with Gasteiger partial charge in [0.2, 0.25) is 10.0 Å². The number of phenolic OH excluding ortho intramolecular Hbond substituents is 1. The highest BCUT2D eigenvalue weighted by Gasteiger charge is 2.16. The highest BCUT2D eigenvalue weighted by Crippen LogP contribution is 2.34. The zero-order chi connectivity index (χ0) is 14.8. The Morgan fingerprint density at radius 3 is 2.15 bits per heavy atom. The van der Waals surface area contributed by atoms with Gasteiger partial charge in [0, 0.05) is 19.0 Å². The molecule has 0 saturated heterocycles. The van der Waals surface area contributed by atoms with Gasteiger partial charge >= 0.3 is 0 Å². The summed E-state index contributed by atoms with van der Waals surface area (Å²) in [6, 6.07) is 13.6. The Balaban J connectivity index is 2.24. The average Bonchev–Trinajstić information content (AvgIpc) is 2.42. The van der Waals surface area contributed by atoms with Gasteiger partial charge in [0.1, 0.15) is 5.75 Å². The third-order valence-electron chi connectivity index (χ3n) is 2.70. The number of sulfonamides is 1. The second-order valence-electron chi connectivity index (χ2n) is 4.33. The van der Waals surface area contributed by atoms with Gasteiger partial charge < -0.3 is 5.11 Å². The van der Waals surface area contributed by atoms with Gasteiger partial charge in [-0.15, -0.1) is 0 Å². The van der Waals surface area contributed by atoms with Crippen LogP contribution >= 0.6 is 11.8 Å². The van der Waals surface area contributed by atoms with Gasteiger partial charge in [0.05, 0.1) is 9.79 Å². The Morgan fingerprint density at radius 2 is 1.60 bits per heavy atom. The van der Waals surface area contributed by atoms with E-state index in [0.29, 0.717) is 0 Å². The van der Waals surface area contributed by atoms with Crippen molar-refractivity contribution in [3.05, 3.63) is 48.5 Å². The monoisotopic (exact) mass is 309 g/mol. The Bertz CT molecular complexity index is 695. The summed E-state index contributed by atoms with van der Waals surface area (Å²) in [5.41, 5.74) is 0. The maximum Gasteiger partial charge on any atom is 0.242 e. The van der Waals surface area contributed by atoms with Crippen LogP contribution in [0.2, 0.25) is 0 Å². The number of hydrogen-bond donors (Lipinski definition) is 1. The van der Waals surface area contributed by atoms with Crippen LogP contribution in [0.4, 0.5) is 0 Å². The minimum Gasteiger partial charge on any atom is -0.507 e. The number of benzene rings is 2. The van der Waals surface area contributed by atoms with E-state index in [1.165, 1.54) is 30.2 Å². The standard InChI is InChI=1S/C14H15NO3S2/c1-15(2)20(17,18)12-9-7-11(8-10-12)19-14-6-4-3-5-13(14)16/h3-10,16H,1-2H3. The Labute approximate surface area is 123 Å². The van der Waals surface area contributed by atoms with Gasteiger partial charge in [-0.2, -0.15) is 0 Å². The van der Waals surface area contributed by atoms with Crippen LogP contribution in [0.15, 0.2) is 63.2 Å². The van der Waals surface area contributed by atoms with E-state index in [1.807, 2.05) is 12.1 Å². The van der Waals surface area contributed by atoms with Crippen molar-refractivity contribution in [3.63, 3.8) is 0 Å². The third kappa shape index (κ3) is 3.15. The molecule has 0 unspecified atom stereocenters. The van der Waals surface area contributed by atoms with E-state index >= 15 is 0 Å². The quantitative estimate of drug-likeness (QED) is 0.943. The zero-order valence-electron chi connectivity index (χ0n) is 11.1. The highest BCUT2D eigenvalue weighted by molar-refractivity contribution is 7.99. The maximum absolute atomic E-state index is 11.9. The van der Waals surface area contributed by atoms with Crippen molar-refractivity contribution in [3.8, 4) is 5.75 Å². The summed E-state index contributed by atoms with van der Waals surface area (Å²) in [6.45, 7) is 0. The smallest absolute Gasteiger partial charge is 0.242 e. The van der Waals surface area contributed by atoms with Crippen LogP contribution in [0.5, 0.6) is 5.75 Å². The summed E-state index contributed by atoms with van der Waals surface area (Å²) in [6.07, 6.45) is 0. The van der Waals surface area contributed by atoms with Crippen LogP contribution in [0.1, 0.15) is 0 Å². The molecule has 6 heteroatoms. The molecule has 106 valence electrons. The van der Waals surface area contributed by atoms with Gasteiger partial charge in [-0.05, 0) is 36.4 Å². The lowest BCUT2D eigenvalue weighted by atomic mass is 10.3. The second-order valence-corrected chi connectivity index (χ2v) is 7.60. The molecule has 0 atom stereocenters. The first-order valence-electron chi connectivity index (χ1n) is 5.90. The van der Waals surface area contributed by atoms with E-state index in [4.69, 9.17) is 0 Å². The molecular formula is C14H15NO3S2. The van der Waals surface area contributed by atoms with Crippen molar-refractivity contribution in [2.75, 3.05) is 14.1 Å². The molecule has 1 N–H and O–H groups in total. The molecule has 0 saturated carbocycles. The summed E-state index contributed by atoms with van der Waals surface area (Å²) in [7, 11) is -0.400. The fraction of sp³-hybridized carbons (Fsp3) is 0.143. The van der Waals surface area contributed by atoms with Gasteiger partial charge in [-0.25, -0.2) is 12.7 Å². The van der Waals surface area contributed by atoms with Crippen molar-refractivity contribution in [2.24, 2.45) is 0 Å². The SMILES string of the molecule is CN(C)S(=O)(=O)c1ccc(Sc2ccccc2O)cc1. The molecule has 4 nitrogen and oxygen atoms in total. The molecule has 0 fully saturated rings. The summed E-state index contributed by atoms with van der Waals surface area (Å²) < 4.78 is 25.0. The van der Waals surface area contributed by atoms with Crippen molar-refractivity contribution in [1.29, 1.82) is 0 Å². The van der Waals surface area contributed by atoms with E-state index in [0.717, 1.165) is 9.79 Å². The molecule has 20 heavy (non-hydrogen) atoms. The minimum absolute atomic E-state index is 0.211. The Kier molecular flexibility index (Phi) is 4.37. The maximum atomic E-state index is 11.9. The first kappa shape index (κ1) is 14.9. The van der Waals surface area contributed by atoms with Gasteiger partial charge in [0.25, 0.3) is 0 Å². The first-order chi connectivity index (χ1) is 9.41. The summed E-state index contributed by atoms with van der Waals surface area (Å²) in [5.74, 6) is 0.211. The first-order valence-corrected chi connectivity index (χ1v) is 8.15. The Hall–Kier alpha value is -1.50. The Morgan fingerprint density at radius 1 is 1.00 bits per heavy atom. The average molecular weight is 309 g/mol. The van der Waals surface area contributed by atoms with Crippen LogP contribution in [-0.4, -0.2) is 31.9 Å². The van der Waals surface area contributed by atoms with Crippen molar-refractivity contribution in [2.45, 2.75) is 14.7 Å². The predicted molar refractivity (Wildman–Crippen MR) is 79.5 cm³/mol. The van der Waals surface area contributed by atoms with Gasteiger partial charge in [-0.1, -0.05) is 23.9 Å². The van der Waals surface area contributed by atoms with Crippen LogP contribution in [0, 0.1) is 0 Å². The lowest BCUT2D eigenvalue weighted by molar-refractivity contribution is 0.462. The zero-order valence-corrected chi connectivity index (χ0v) is 12.8. The molecule has 2 aromatic carbocycles. The number of rotatable bonds is 4. The normalized spacial score (nSPS) is 11.8. The van der Waals surface area contributed by atoms with Crippen molar-refractivity contribution in [1.82, 2.24) is 4.31 Å². The second kappa shape index (κ2) is 5.87. The topological polar surface area (TPSA) is 57.6 Å². The fourth-order valence-electron chi connectivity index (χ4n) is 1.56. The van der Waals surface area contributed by atoms with Crippen molar-refractivity contribution >= 4 is 21.8 Å². The molecule has 2 aromatic rings. The number of hydrogen-bond acceptors (Lipinski definition) is 4. The summed E-state index contributed by atoms with van der Waals surface area (Å²) in [4.78, 5) is 1.85. The molecule has 0 aliphatic heterocycles. The van der Waals surface area contributed by atoms with E-state index < -0.39 is 10.0 Å². The summed E-state index contributed by atoms with van der Waals surface area (Å²) >= 11 is 1.38. The molecule has 0 aromatic heterocycles. The number of aromatic hydroxyl groups is 1. The van der Waals surface area contributed by atoms with Crippen LogP contribution in [-0.2, 0) is 10.0 Å². The molecule has 2 rings (SSSR count). The molecule has 0 aliphatic rings. The lowest BCUT2D eigenvalue weighted by Gasteiger charge is -2.11. The largest absolute Gasteiger partial charge is 0.507 e. The lowest BCUT2D eigenvalue weighted by Crippen LogP contribution is -2.22. The molecule has 0 radical (unpaired) electrons. The summed E-state index contributed by atoms with van der Waals surface area (Å²) in [5, 5.41) is 9.71. The number of para-hydroxylation sites is 1. The molecule has 0 aliphatic carbocycles. The minimum atomic E-state index is -3.40. The number of nitrogens with zero attached hydrogens (tertiary/aromatic N) is 1. The molecule has 0 heterocycles. The van der Waals surface area contributed by atoms with E-state index in [9.17, 15) is 13.5 Å². The fourth-order valence-corrected chi connectivity index (χ4v) is 3.31. The highest BCUT2D eigenvalue weighted by atomic mass is 32.2. The van der Waals surface area contributed by atoms with Crippen LogP contribution < -0.4 is 0 Å². The van der Waals surface area contributed by atoms with E-state index in [-0.39, 0.29) is 10.6 Å². The van der Waals surface area contributed by atoms with Crippen LogP contribution in [0.3, 0.4) is 0 Å². The van der Waals surface area contributed by atoms with Crippen LogP contribution in [0.25, 0.3) is 0 Å². The molecule has 0 bridgehead atoms. The predicted octanol–water partition coefficient (Wildman–Crippen LogP) is 2.79. The molecule has 0 spiro atoms. The van der Waals surface area contributed by atoms with E-state index in [2.05, 4.69) is 0 Å². The molecular weight excluding hydrogens is 294 g/mol. The van der Waals surface area contributed by atoms with Crippen molar-refractivity contribution < 1.29 is 13.5 Å². The van der Waals surface area contributed by atoms with Gasteiger partial charge in [0.15, 0.2) is 0 Å².